The summed E-state index contributed by atoms with van der Waals surface area (Å²) in [5, 5.41) is 2.90. The van der Waals surface area contributed by atoms with Crippen LogP contribution in [-0.2, 0) is 4.79 Å². The Hall–Kier alpha value is -2.37. The number of nitrogens with zero attached hydrogens (tertiary/aromatic N) is 2. The third-order valence-corrected chi connectivity index (χ3v) is 4.61. The molecule has 0 unspecified atom stereocenters. The molecular weight excluding hydrogens is 318 g/mol. The lowest BCUT2D eigenvalue weighted by Crippen LogP contribution is -2.52. The number of rotatable bonds is 4. The van der Waals surface area contributed by atoms with Crippen LogP contribution in [0.1, 0.15) is 50.9 Å². The topological polar surface area (TPSA) is 69.7 Å². The zero-order valence-electron chi connectivity index (χ0n) is 15.4. The first kappa shape index (κ1) is 19.0. The molecule has 3 amide bonds. The number of hydrogen-bond donors (Lipinski definition) is 1. The Kier molecular flexibility index (Phi) is 6.17. The molecule has 136 valence electrons. The number of urea groups is 1. The Morgan fingerprint density at radius 3 is 2.32 bits per heavy atom. The van der Waals surface area contributed by atoms with Crippen LogP contribution in [-0.4, -0.2) is 52.7 Å². The van der Waals surface area contributed by atoms with Gasteiger partial charge in [0.25, 0.3) is 0 Å². The van der Waals surface area contributed by atoms with Crippen molar-refractivity contribution in [2.75, 3.05) is 18.4 Å². The Morgan fingerprint density at radius 2 is 1.80 bits per heavy atom. The summed E-state index contributed by atoms with van der Waals surface area (Å²) in [5.41, 5.74) is 1.19. The van der Waals surface area contributed by atoms with Crippen molar-refractivity contribution >= 4 is 23.4 Å². The number of ketones is 1. The number of benzene rings is 1. The molecule has 6 nitrogen and oxygen atoms in total. The molecule has 1 fully saturated rings. The monoisotopic (exact) mass is 345 g/mol. The van der Waals surface area contributed by atoms with E-state index in [1.807, 2.05) is 23.6 Å². The molecular formula is C19H27N3O3. The van der Waals surface area contributed by atoms with Gasteiger partial charge in [0.1, 0.15) is 0 Å². The number of anilines is 1. The van der Waals surface area contributed by atoms with Gasteiger partial charge in [-0.05, 0) is 45.7 Å². The third-order valence-electron chi connectivity index (χ3n) is 4.61. The molecule has 0 spiro atoms. The molecule has 1 aromatic rings. The van der Waals surface area contributed by atoms with Gasteiger partial charge in [-0.15, -0.1) is 0 Å². The second-order valence-corrected chi connectivity index (χ2v) is 6.81. The van der Waals surface area contributed by atoms with Gasteiger partial charge in [0.2, 0.25) is 5.91 Å². The van der Waals surface area contributed by atoms with E-state index in [-0.39, 0.29) is 29.8 Å². The maximum atomic E-state index is 12.8. The maximum Gasteiger partial charge on any atom is 0.322 e. The highest BCUT2D eigenvalue weighted by Crippen LogP contribution is 2.21. The Balaban J connectivity index is 2.07. The van der Waals surface area contributed by atoms with Crippen molar-refractivity contribution in [1.29, 1.82) is 0 Å². The largest absolute Gasteiger partial charge is 0.343 e. The highest BCUT2D eigenvalue weighted by atomic mass is 16.2. The van der Waals surface area contributed by atoms with Gasteiger partial charge in [0.15, 0.2) is 5.78 Å². The Bertz CT molecular complexity index is 649. The molecule has 1 N–H and O–H groups in total. The van der Waals surface area contributed by atoms with Crippen molar-refractivity contribution in [3.8, 4) is 0 Å². The first-order valence-electron chi connectivity index (χ1n) is 8.75. The van der Waals surface area contributed by atoms with E-state index < -0.39 is 0 Å². The van der Waals surface area contributed by atoms with E-state index >= 15 is 0 Å². The molecule has 0 aromatic heterocycles. The normalized spacial score (nSPS) is 15.2. The Labute approximate surface area is 149 Å². The van der Waals surface area contributed by atoms with Crippen LogP contribution >= 0.6 is 0 Å². The number of likely N-dealkylation sites (tertiary alicyclic amines) is 1. The van der Waals surface area contributed by atoms with Crippen LogP contribution in [0.5, 0.6) is 0 Å². The van der Waals surface area contributed by atoms with Gasteiger partial charge in [-0.25, -0.2) is 4.79 Å². The van der Waals surface area contributed by atoms with Crippen molar-refractivity contribution in [2.24, 2.45) is 0 Å². The maximum absolute atomic E-state index is 12.8. The van der Waals surface area contributed by atoms with Crippen LogP contribution in [0, 0.1) is 0 Å². The standard InChI is InChI=1S/C19H27N3O3/c1-13(2)22(18-8-10-21(11-9-18)15(4)24)19(25)20-17-7-5-6-16(12-17)14(3)23/h5-7,12-13,18H,8-11H2,1-4H3,(H,20,25). The molecule has 0 atom stereocenters. The lowest BCUT2D eigenvalue weighted by Gasteiger charge is -2.40. The van der Waals surface area contributed by atoms with Gasteiger partial charge >= 0.3 is 6.03 Å². The van der Waals surface area contributed by atoms with Crippen LogP contribution in [0.4, 0.5) is 10.5 Å². The predicted molar refractivity (Wildman–Crippen MR) is 97.7 cm³/mol. The highest BCUT2D eigenvalue weighted by Gasteiger charge is 2.30. The van der Waals surface area contributed by atoms with Gasteiger partial charge in [0.05, 0.1) is 0 Å². The summed E-state index contributed by atoms with van der Waals surface area (Å²) >= 11 is 0. The van der Waals surface area contributed by atoms with Gasteiger partial charge in [-0.1, -0.05) is 12.1 Å². The summed E-state index contributed by atoms with van der Waals surface area (Å²) in [6.45, 7) is 8.41. The van der Waals surface area contributed by atoms with Crippen molar-refractivity contribution in [3.05, 3.63) is 29.8 Å². The quantitative estimate of drug-likeness (QED) is 0.852. The second-order valence-electron chi connectivity index (χ2n) is 6.81. The number of Topliss-reactive ketones (excluding diaryl/α,β-unsaturated/α-hetero) is 1. The molecule has 1 aromatic carbocycles. The average molecular weight is 345 g/mol. The van der Waals surface area contributed by atoms with E-state index in [9.17, 15) is 14.4 Å². The zero-order chi connectivity index (χ0) is 18.6. The summed E-state index contributed by atoms with van der Waals surface area (Å²) in [7, 11) is 0. The summed E-state index contributed by atoms with van der Waals surface area (Å²) < 4.78 is 0. The molecule has 25 heavy (non-hydrogen) atoms. The van der Waals surface area contributed by atoms with Crippen molar-refractivity contribution in [3.63, 3.8) is 0 Å². The number of carbonyl (C=O) groups is 3. The minimum atomic E-state index is -0.169. The van der Waals surface area contributed by atoms with Crippen LogP contribution in [0.15, 0.2) is 24.3 Å². The first-order chi connectivity index (χ1) is 11.8. The molecule has 1 aliphatic rings. The number of piperidine rings is 1. The van der Waals surface area contributed by atoms with Crippen LogP contribution in [0.2, 0.25) is 0 Å². The second kappa shape index (κ2) is 8.14. The summed E-state index contributed by atoms with van der Waals surface area (Å²) in [5.74, 6) is 0.0495. The predicted octanol–water partition coefficient (Wildman–Crippen LogP) is 3.14. The summed E-state index contributed by atoms with van der Waals surface area (Å²) in [6.07, 6.45) is 1.55. The minimum absolute atomic E-state index is 0.0339. The number of hydrogen-bond acceptors (Lipinski definition) is 3. The molecule has 0 saturated carbocycles. The lowest BCUT2D eigenvalue weighted by atomic mass is 10.0. The fourth-order valence-corrected chi connectivity index (χ4v) is 3.28. The number of carbonyl (C=O) groups excluding carboxylic acids is 3. The van der Waals surface area contributed by atoms with Crippen molar-refractivity contribution < 1.29 is 14.4 Å². The van der Waals surface area contributed by atoms with Crippen molar-refractivity contribution in [1.82, 2.24) is 9.80 Å². The smallest absolute Gasteiger partial charge is 0.322 e. The fraction of sp³-hybridized carbons (Fsp3) is 0.526. The molecule has 1 aliphatic heterocycles. The SMILES string of the molecule is CC(=O)c1cccc(NC(=O)N(C(C)C)C2CCN(C(C)=O)CC2)c1. The molecule has 1 saturated heterocycles. The van der Waals surface area contributed by atoms with Crippen molar-refractivity contribution in [2.45, 2.75) is 52.6 Å². The molecule has 2 rings (SSSR count). The molecule has 0 aliphatic carbocycles. The van der Waals surface area contributed by atoms with E-state index in [0.29, 0.717) is 24.3 Å². The van der Waals surface area contributed by atoms with Crippen LogP contribution in [0.3, 0.4) is 0 Å². The van der Waals surface area contributed by atoms with Gasteiger partial charge in [-0.3, -0.25) is 9.59 Å². The average Bonchev–Trinajstić information content (AvgIpc) is 2.55. The van der Waals surface area contributed by atoms with Gasteiger partial charge in [0, 0.05) is 43.3 Å². The molecule has 0 radical (unpaired) electrons. The van der Waals surface area contributed by atoms with E-state index in [0.717, 1.165) is 12.8 Å². The van der Waals surface area contributed by atoms with Gasteiger partial charge < -0.3 is 15.1 Å². The van der Waals surface area contributed by atoms with Crippen LogP contribution < -0.4 is 5.32 Å². The lowest BCUT2D eigenvalue weighted by molar-refractivity contribution is -0.130. The fourth-order valence-electron chi connectivity index (χ4n) is 3.28. The number of amides is 3. The molecule has 6 heteroatoms. The first-order valence-corrected chi connectivity index (χ1v) is 8.75. The minimum Gasteiger partial charge on any atom is -0.343 e. The summed E-state index contributed by atoms with van der Waals surface area (Å²) in [4.78, 5) is 39.4. The van der Waals surface area contributed by atoms with Gasteiger partial charge in [-0.2, -0.15) is 0 Å². The Morgan fingerprint density at radius 1 is 1.16 bits per heavy atom. The van der Waals surface area contributed by atoms with Crippen LogP contribution in [0.25, 0.3) is 0 Å². The molecule has 0 bridgehead atoms. The zero-order valence-corrected chi connectivity index (χ0v) is 15.4. The van der Waals surface area contributed by atoms with E-state index in [1.165, 1.54) is 6.92 Å². The van der Waals surface area contributed by atoms with E-state index in [2.05, 4.69) is 5.32 Å². The summed E-state index contributed by atoms with van der Waals surface area (Å²) in [6, 6.07) is 6.94. The third kappa shape index (κ3) is 4.81. The highest BCUT2D eigenvalue weighted by molar-refractivity contribution is 5.96. The molecule has 1 heterocycles. The van der Waals surface area contributed by atoms with E-state index in [4.69, 9.17) is 0 Å². The van der Waals surface area contributed by atoms with E-state index in [1.54, 1.807) is 31.2 Å². The number of nitrogens with one attached hydrogen (secondary N) is 1.